The molecule has 6 rings (SSSR count). The summed E-state index contributed by atoms with van der Waals surface area (Å²) < 4.78 is 15.9. The molecule has 0 saturated carbocycles. The SMILES string of the molecule is CC(=O)N(C)c1cccc([C@H](Nc2cc(Cl)cc3c(Nc4ccc(F)c(Cl)c4)c(C#N)cnc23)c2cn(C3CCN(C(C)(C)C)CC3)nn2)c1. The smallest absolute Gasteiger partial charge is 0.223 e. The number of nitriles is 1. The maximum Gasteiger partial charge on any atom is 0.223 e. The van der Waals surface area contributed by atoms with Crippen molar-refractivity contribution in [2.75, 3.05) is 35.7 Å². The number of piperidine rings is 1. The first-order valence-electron chi connectivity index (χ1n) is 16.3. The largest absolute Gasteiger partial charge is 0.371 e. The Kier molecular flexibility index (Phi) is 9.98. The van der Waals surface area contributed by atoms with Crippen molar-refractivity contribution in [3.8, 4) is 6.07 Å². The second kappa shape index (κ2) is 14.2. The van der Waals surface area contributed by atoms with Gasteiger partial charge in [0.1, 0.15) is 17.6 Å². The third-order valence-electron chi connectivity index (χ3n) is 9.22. The number of amides is 1. The summed E-state index contributed by atoms with van der Waals surface area (Å²) in [5.74, 6) is -0.649. The molecule has 3 aromatic carbocycles. The summed E-state index contributed by atoms with van der Waals surface area (Å²) >= 11 is 12.8. The highest BCUT2D eigenvalue weighted by Crippen LogP contribution is 2.38. The molecule has 0 unspecified atom stereocenters. The van der Waals surface area contributed by atoms with Crippen LogP contribution in [0.15, 0.2) is 67.0 Å². The van der Waals surface area contributed by atoms with Crippen LogP contribution < -0.4 is 15.5 Å². The second-order valence-electron chi connectivity index (χ2n) is 13.5. The van der Waals surface area contributed by atoms with Crippen molar-refractivity contribution in [2.24, 2.45) is 0 Å². The van der Waals surface area contributed by atoms with Gasteiger partial charge in [0, 0.05) is 60.6 Å². The van der Waals surface area contributed by atoms with Gasteiger partial charge in [0.2, 0.25) is 5.91 Å². The van der Waals surface area contributed by atoms with Crippen LogP contribution in [0, 0.1) is 17.1 Å². The minimum absolute atomic E-state index is 0.0550. The van der Waals surface area contributed by atoms with Gasteiger partial charge < -0.3 is 15.5 Å². The van der Waals surface area contributed by atoms with Crippen molar-refractivity contribution in [2.45, 2.75) is 58.2 Å². The van der Waals surface area contributed by atoms with E-state index in [-0.39, 0.29) is 28.1 Å². The molecular weight excluding hydrogens is 676 g/mol. The molecule has 5 aromatic rings. The number of fused-ring (bicyclic) bond motifs is 1. The zero-order chi connectivity index (χ0) is 35.7. The van der Waals surface area contributed by atoms with Gasteiger partial charge in [-0.1, -0.05) is 40.5 Å². The Labute approximate surface area is 300 Å². The van der Waals surface area contributed by atoms with E-state index in [1.165, 1.54) is 31.3 Å². The summed E-state index contributed by atoms with van der Waals surface area (Å²) in [6, 6.07) is 17.3. The van der Waals surface area contributed by atoms with Gasteiger partial charge in [0.25, 0.3) is 0 Å². The number of likely N-dealkylation sites (tertiary alicyclic amines) is 1. The predicted molar refractivity (Wildman–Crippen MR) is 197 cm³/mol. The third-order valence-corrected chi connectivity index (χ3v) is 9.73. The van der Waals surface area contributed by atoms with E-state index in [1.54, 1.807) is 24.1 Å². The molecule has 3 heterocycles. The van der Waals surface area contributed by atoms with Gasteiger partial charge >= 0.3 is 0 Å². The summed E-state index contributed by atoms with van der Waals surface area (Å²) in [4.78, 5) is 21.0. The van der Waals surface area contributed by atoms with E-state index in [2.05, 4.69) is 57.7 Å². The third kappa shape index (κ3) is 7.38. The van der Waals surface area contributed by atoms with Gasteiger partial charge in [-0.15, -0.1) is 5.10 Å². The average molecular weight is 715 g/mol. The van der Waals surface area contributed by atoms with E-state index in [1.807, 2.05) is 35.1 Å². The number of carbonyl (C=O) groups is 1. The minimum atomic E-state index is -0.552. The first kappa shape index (κ1) is 35.1. The monoisotopic (exact) mass is 713 g/mol. The van der Waals surface area contributed by atoms with Crippen LogP contribution >= 0.6 is 23.2 Å². The van der Waals surface area contributed by atoms with Crippen LogP contribution in [0.2, 0.25) is 10.0 Å². The lowest BCUT2D eigenvalue weighted by molar-refractivity contribution is -0.116. The van der Waals surface area contributed by atoms with E-state index in [0.29, 0.717) is 38.7 Å². The first-order valence-corrected chi connectivity index (χ1v) is 17.1. The zero-order valence-electron chi connectivity index (χ0n) is 28.5. The molecule has 1 amide bonds. The molecule has 13 heteroatoms. The molecule has 1 aliphatic heterocycles. The molecule has 0 spiro atoms. The summed E-state index contributed by atoms with van der Waals surface area (Å²) in [7, 11) is 1.73. The number of rotatable bonds is 8. The molecule has 1 saturated heterocycles. The van der Waals surface area contributed by atoms with Crippen LogP contribution in [0.4, 0.5) is 27.1 Å². The molecule has 0 bridgehead atoms. The van der Waals surface area contributed by atoms with Gasteiger partial charge in [-0.05, 0) is 81.6 Å². The number of aromatic nitrogens is 4. The number of nitrogens with one attached hydrogen (secondary N) is 2. The number of benzene rings is 3. The zero-order valence-corrected chi connectivity index (χ0v) is 30.0. The average Bonchev–Trinajstić information content (AvgIpc) is 3.58. The highest BCUT2D eigenvalue weighted by Gasteiger charge is 2.29. The van der Waals surface area contributed by atoms with Crippen molar-refractivity contribution in [1.29, 1.82) is 5.26 Å². The Morgan fingerprint density at radius 2 is 1.88 bits per heavy atom. The van der Waals surface area contributed by atoms with Crippen LogP contribution in [0.5, 0.6) is 0 Å². The van der Waals surface area contributed by atoms with Gasteiger partial charge in [0.15, 0.2) is 0 Å². The molecule has 50 heavy (non-hydrogen) atoms. The second-order valence-corrected chi connectivity index (χ2v) is 14.4. The molecule has 2 aromatic heterocycles. The van der Waals surface area contributed by atoms with E-state index in [4.69, 9.17) is 23.2 Å². The normalized spacial score (nSPS) is 14.7. The van der Waals surface area contributed by atoms with Crippen LogP contribution in [0.3, 0.4) is 0 Å². The van der Waals surface area contributed by atoms with E-state index in [0.717, 1.165) is 37.2 Å². The fourth-order valence-electron chi connectivity index (χ4n) is 6.30. The Bertz CT molecular complexity index is 2100. The number of hydrogen-bond donors (Lipinski definition) is 2. The summed E-state index contributed by atoms with van der Waals surface area (Å²) in [5, 5.41) is 27.0. The van der Waals surface area contributed by atoms with Crippen LogP contribution in [0.1, 0.15) is 69.4 Å². The summed E-state index contributed by atoms with van der Waals surface area (Å²) in [5.41, 5.74) is 4.66. The molecule has 0 radical (unpaired) electrons. The van der Waals surface area contributed by atoms with E-state index >= 15 is 0 Å². The standard InChI is InChI=1S/C37H38Cl2FN9O/c1-22(50)47(5)28-8-6-7-23(15-28)35(33-21-49(46-45-33)27-11-13-48(14-12-27)37(2,3)4)44-32-17-25(38)16-29-34(24(19-41)20-42-36(29)32)43-26-9-10-31(40)30(39)18-26/h6-10,15-18,20-21,27,35,44H,11-14H2,1-5H3,(H,42,43)/t35-/m0/s1. The number of hydrogen-bond acceptors (Lipinski definition) is 8. The minimum Gasteiger partial charge on any atom is -0.371 e. The molecular formula is C37H38Cl2FN9O. The highest BCUT2D eigenvalue weighted by molar-refractivity contribution is 6.32. The number of anilines is 4. The summed E-state index contributed by atoms with van der Waals surface area (Å²) in [6.45, 7) is 10.2. The molecule has 1 fully saturated rings. The van der Waals surface area contributed by atoms with E-state index in [9.17, 15) is 14.4 Å². The van der Waals surface area contributed by atoms with Gasteiger partial charge in [0.05, 0.1) is 45.8 Å². The lowest BCUT2D eigenvalue weighted by Gasteiger charge is -2.40. The van der Waals surface area contributed by atoms with Crippen LogP contribution in [-0.2, 0) is 4.79 Å². The van der Waals surface area contributed by atoms with Crippen molar-refractivity contribution >= 4 is 62.8 Å². The Morgan fingerprint density at radius 3 is 2.56 bits per heavy atom. The number of halogens is 3. The van der Waals surface area contributed by atoms with E-state index < -0.39 is 11.9 Å². The molecule has 1 aliphatic rings. The van der Waals surface area contributed by atoms with Gasteiger partial charge in [-0.25, -0.2) is 9.07 Å². The molecule has 10 nitrogen and oxygen atoms in total. The number of nitrogens with zero attached hydrogens (tertiary/aromatic N) is 7. The van der Waals surface area contributed by atoms with Crippen LogP contribution in [-0.4, -0.2) is 56.5 Å². The quantitative estimate of drug-likeness (QED) is 0.165. The molecule has 0 aliphatic carbocycles. The lowest BCUT2D eigenvalue weighted by Crippen LogP contribution is -2.46. The molecule has 1 atom stereocenters. The Balaban J connectivity index is 1.42. The van der Waals surface area contributed by atoms with Crippen molar-refractivity contribution in [3.05, 3.63) is 99.7 Å². The maximum absolute atomic E-state index is 13.9. The number of pyridine rings is 1. The van der Waals surface area contributed by atoms with Crippen molar-refractivity contribution in [3.63, 3.8) is 0 Å². The Morgan fingerprint density at radius 1 is 1.12 bits per heavy atom. The lowest BCUT2D eigenvalue weighted by atomic mass is 9.98. The Hall–Kier alpha value is -4.76. The highest BCUT2D eigenvalue weighted by atomic mass is 35.5. The summed E-state index contributed by atoms with van der Waals surface area (Å²) in [6.07, 6.45) is 5.37. The van der Waals surface area contributed by atoms with Crippen molar-refractivity contribution in [1.82, 2.24) is 24.9 Å². The topological polar surface area (TPSA) is 115 Å². The fourth-order valence-corrected chi connectivity index (χ4v) is 6.69. The van der Waals surface area contributed by atoms with Crippen LogP contribution in [0.25, 0.3) is 10.9 Å². The fraction of sp³-hybridized carbons (Fsp3) is 0.324. The maximum atomic E-state index is 13.9. The van der Waals surface area contributed by atoms with Gasteiger partial charge in [-0.3, -0.25) is 14.7 Å². The van der Waals surface area contributed by atoms with Crippen molar-refractivity contribution < 1.29 is 9.18 Å². The predicted octanol–water partition coefficient (Wildman–Crippen LogP) is 8.51. The molecule has 2 N–H and O–H groups in total. The van der Waals surface area contributed by atoms with Gasteiger partial charge in [-0.2, -0.15) is 5.26 Å². The number of carbonyl (C=O) groups excluding carboxylic acids is 1. The molecule has 258 valence electrons. The first-order chi connectivity index (χ1) is 23.8.